The number of hydrogen-bond donors (Lipinski definition) is 2. The molecule has 0 aliphatic rings. The Bertz CT molecular complexity index is 480. The number of rotatable bonds is 8. The molecule has 110 valence electrons. The molecule has 0 aromatic carbocycles. The molecule has 6 nitrogen and oxygen atoms in total. The van der Waals surface area contributed by atoms with Crippen molar-refractivity contribution in [1.29, 1.82) is 0 Å². The zero-order valence-corrected chi connectivity index (χ0v) is 12.9. The molecular weight excluding hydrogens is 264 g/mol. The van der Waals surface area contributed by atoms with Gasteiger partial charge >= 0.3 is 0 Å². The first-order valence-electron chi connectivity index (χ1n) is 6.56. The highest BCUT2D eigenvalue weighted by Gasteiger charge is 2.16. The van der Waals surface area contributed by atoms with Crippen LogP contribution in [0.5, 0.6) is 0 Å². The third-order valence-electron chi connectivity index (χ3n) is 2.49. The number of nitrogens with zero attached hydrogens (tertiary/aromatic N) is 2. The maximum absolute atomic E-state index is 12.0. The minimum absolute atomic E-state index is 0.220. The Morgan fingerprint density at radius 3 is 2.58 bits per heavy atom. The van der Waals surface area contributed by atoms with E-state index in [1.54, 1.807) is 10.9 Å². The second kappa shape index (κ2) is 7.02. The maximum atomic E-state index is 12.0. The van der Waals surface area contributed by atoms with Gasteiger partial charge in [-0.1, -0.05) is 27.7 Å². The maximum Gasteiger partial charge on any atom is 0.243 e. The van der Waals surface area contributed by atoms with E-state index in [0.717, 1.165) is 6.54 Å². The fourth-order valence-corrected chi connectivity index (χ4v) is 2.60. The Morgan fingerprint density at radius 1 is 1.32 bits per heavy atom. The first kappa shape index (κ1) is 16.1. The van der Waals surface area contributed by atoms with Crippen LogP contribution in [-0.4, -0.2) is 37.3 Å². The molecule has 1 rings (SSSR count). The van der Waals surface area contributed by atoms with Crippen molar-refractivity contribution in [3.05, 3.63) is 12.4 Å². The van der Waals surface area contributed by atoms with Gasteiger partial charge in [0.25, 0.3) is 0 Å². The molecule has 0 atom stereocenters. The molecule has 0 amide bonds. The summed E-state index contributed by atoms with van der Waals surface area (Å²) in [4.78, 5) is 0.220. The van der Waals surface area contributed by atoms with Crippen LogP contribution in [0.2, 0.25) is 0 Å². The average Bonchev–Trinajstić information content (AvgIpc) is 2.75. The van der Waals surface area contributed by atoms with Crippen molar-refractivity contribution < 1.29 is 8.42 Å². The fraction of sp³-hybridized carbons (Fsp3) is 0.750. The van der Waals surface area contributed by atoms with Crippen molar-refractivity contribution in [1.82, 2.24) is 19.8 Å². The van der Waals surface area contributed by atoms with E-state index in [1.165, 1.54) is 6.20 Å². The molecule has 0 fully saturated rings. The second-order valence-corrected chi connectivity index (χ2v) is 7.06. The first-order chi connectivity index (χ1) is 8.81. The minimum Gasteiger partial charge on any atom is -0.313 e. The van der Waals surface area contributed by atoms with Gasteiger partial charge in [0.15, 0.2) is 0 Å². The summed E-state index contributed by atoms with van der Waals surface area (Å²) in [5.41, 5.74) is 0. The number of sulfonamides is 1. The highest BCUT2D eigenvalue weighted by molar-refractivity contribution is 7.89. The molecule has 19 heavy (non-hydrogen) atoms. The average molecular weight is 288 g/mol. The first-order valence-corrected chi connectivity index (χ1v) is 8.05. The van der Waals surface area contributed by atoms with Crippen LogP contribution in [0.4, 0.5) is 0 Å². The fourth-order valence-electron chi connectivity index (χ4n) is 1.43. The van der Waals surface area contributed by atoms with Crippen LogP contribution in [0, 0.1) is 5.92 Å². The summed E-state index contributed by atoms with van der Waals surface area (Å²) in [6, 6.07) is 0.409. The molecule has 0 spiro atoms. The quantitative estimate of drug-likeness (QED) is 0.742. The topological polar surface area (TPSA) is 76.0 Å². The van der Waals surface area contributed by atoms with Crippen LogP contribution < -0.4 is 10.0 Å². The predicted octanol–water partition coefficient (Wildman–Crippen LogP) is 0.815. The molecule has 0 unspecified atom stereocenters. The molecule has 0 aliphatic heterocycles. The summed E-state index contributed by atoms with van der Waals surface area (Å²) in [5.74, 6) is 0.278. The monoisotopic (exact) mass is 288 g/mol. The Labute approximate surface area is 115 Å². The number of nitrogens with one attached hydrogen (secondary N) is 2. The van der Waals surface area contributed by atoms with E-state index >= 15 is 0 Å². The van der Waals surface area contributed by atoms with Gasteiger partial charge in [-0.15, -0.1) is 0 Å². The predicted molar refractivity (Wildman–Crippen MR) is 75.4 cm³/mol. The van der Waals surface area contributed by atoms with Crippen molar-refractivity contribution in [3.8, 4) is 0 Å². The minimum atomic E-state index is -3.43. The van der Waals surface area contributed by atoms with Crippen molar-refractivity contribution in [2.45, 2.75) is 45.2 Å². The van der Waals surface area contributed by atoms with Crippen LogP contribution in [0.1, 0.15) is 27.7 Å². The molecule has 7 heteroatoms. The standard InChI is InChI=1S/C12H24N4O2S/c1-10(2)7-15-19(17,18)12-8-14-16(9-12)6-5-13-11(3)4/h8-11,13,15H,5-7H2,1-4H3. The summed E-state index contributed by atoms with van der Waals surface area (Å²) in [6.07, 6.45) is 2.95. The van der Waals surface area contributed by atoms with Gasteiger partial charge in [0.05, 0.1) is 12.7 Å². The van der Waals surface area contributed by atoms with E-state index in [2.05, 4.69) is 29.0 Å². The molecular formula is C12H24N4O2S. The SMILES string of the molecule is CC(C)CNS(=O)(=O)c1cnn(CCNC(C)C)c1. The Balaban J connectivity index is 2.58. The molecule has 0 saturated carbocycles. The number of hydrogen-bond acceptors (Lipinski definition) is 4. The normalized spacial score (nSPS) is 12.5. The Kier molecular flexibility index (Phi) is 5.96. The van der Waals surface area contributed by atoms with Gasteiger partial charge in [-0.2, -0.15) is 5.10 Å². The molecule has 0 bridgehead atoms. The van der Waals surface area contributed by atoms with Crippen LogP contribution in [-0.2, 0) is 16.6 Å². The third-order valence-corrected chi connectivity index (χ3v) is 3.87. The smallest absolute Gasteiger partial charge is 0.243 e. The third kappa shape index (κ3) is 5.71. The second-order valence-electron chi connectivity index (χ2n) is 5.29. The molecule has 0 saturated heterocycles. The summed E-state index contributed by atoms with van der Waals surface area (Å²) in [5, 5.41) is 7.32. The van der Waals surface area contributed by atoms with Gasteiger partial charge in [-0.05, 0) is 5.92 Å². The van der Waals surface area contributed by atoms with E-state index in [4.69, 9.17) is 0 Å². The molecule has 1 aromatic heterocycles. The van der Waals surface area contributed by atoms with Crippen molar-refractivity contribution in [2.24, 2.45) is 5.92 Å². The van der Waals surface area contributed by atoms with Gasteiger partial charge in [0.1, 0.15) is 4.90 Å². The van der Waals surface area contributed by atoms with Gasteiger partial charge < -0.3 is 5.32 Å². The van der Waals surface area contributed by atoms with Gasteiger partial charge in [0.2, 0.25) is 10.0 Å². The van der Waals surface area contributed by atoms with Crippen LogP contribution in [0.25, 0.3) is 0 Å². The van der Waals surface area contributed by atoms with Crippen molar-refractivity contribution in [3.63, 3.8) is 0 Å². The Morgan fingerprint density at radius 2 is 2.00 bits per heavy atom. The van der Waals surface area contributed by atoms with Crippen molar-refractivity contribution >= 4 is 10.0 Å². The van der Waals surface area contributed by atoms with Gasteiger partial charge in [-0.3, -0.25) is 4.68 Å². The lowest BCUT2D eigenvalue weighted by molar-refractivity contribution is 0.514. The lowest BCUT2D eigenvalue weighted by Crippen LogP contribution is -2.27. The molecule has 0 radical (unpaired) electrons. The largest absolute Gasteiger partial charge is 0.313 e. The number of aromatic nitrogens is 2. The Hall–Kier alpha value is -0.920. The van der Waals surface area contributed by atoms with Crippen LogP contribution in [0.15, 0.2) is 17.3 Å². The highest BCUT2D eigenvalue weighted by atomic mass is 32.2. The van der Waals surface area contributed by atoms with Gasteiger partial charge in [0, 0.05) is 25.3 Å². The lowest BCUT2D eigenvalue weighted by atomic mass is 10.2. The summed E-state index contributed by atoms with van der Waals surface area (Å²) >= 11 is 0. The van der Waals surface area contributed by atoms with E-state index in [1.807, 2.05) is 13.8 Å². The van der Waals surface area contributed by atoms with Crippen molar-refractivity contribution in [2.75, 3.05) is 13.1 Å². The van der Waals surface area contributed by atoms with E-state index in [9.17, 15) is 8.42 Å². The van der Waals surface area contributed by atoms with Crippen LogP contribution >= 0.6 is 0 Å². The van der Waals surface area contributed by atoms with E-state index in [-0.39, 0.29) is 10.8 Å². The summed E-state index contributed by atoms with van der Waals surface area (Å²) < 4.78 is 28.1. The van der Waals surface area contributed by atoms with E-state index in [0.29, 0.717) is 19.1 Å². The zero-order valence-electron chi connectivity index (χ0n) is 12.0. The molecule has 1 heterocycles. The lowest BCUT2D eigenvalue weighted by Gasteiger charge is -2.08. The highest BCUT2D eigenvalue weighted by Crippen LogP contribution is 2.07. The van der Waals surface area contributed by atoms with Gasteiger partial charge in [-0.25, -0.2) is 13.1 Å². The molecule has 2 N–H and O–H groups in total. The van der Waals surface area contributed by atoms with Crippen LogP contribution in [0.3, 0.4) is 0 Å². The molecule has 0 aliphatic carbocycles. The molecule has 1 aromatic rings. The summed E-state index contributed by atoms with van der Waals surface area (Å²) in [6.45, 7) is 9.90. The zero-order chi connectivity index (χ0) is 14.5. The van der Waals surface area contributed by atoms with E-state index < -0.39 is 10.0 Å². The summed E-state index contributed by atoms with van der Waals surface area (Å²) in [7, 11) is -3.43.